The third-order valence-corrected chi connectivity index (χ3v) is 6.30. The van der Waals surface area contributed by atoms with E-state index >= 15 is 0 Å². The highest BCUT2D eigenvalue weighted by Crippen LogP contribution is 2.42. The van der Waals surface area contributed by atoms with Gasteiger partial charge in [0.25, 0.3) is 0 Å². The number of benzene rings is 2. The molecule has 0 saturated carbocycles. The van der Waals surface area contributed by atoms with E-state index in [2.05, 4.69) is 10.3 Å². The fraction of sp³-hybridized carbons (Fsp3) is 0.296. The predicted molar refractivity (Wildman–Crippen MR) is 135 cm³/mol. The number of pyridine rings is 1. The maximum atomic E-state index is 15.0. The highest BCUT2D eigenvalue weighted by molar-refractivity contribution is 6.07. The molecule has 40 heavy (non-hydrogen) atoms. The van der Waals surface area contributed by atoms with Crippen LogP contribution in [0.2, 0.25) is 0 Å². The highest BCUT2D eigenvalue weighted by atomic mass is 19.4. The minimum Gasteiger partial charge on any atom is -0.370 e. The lowest BCUT2D eigenvalue weighted by molar-refractivity contribution is -0.143. The minimum atomic E-state index is -5.13. The summed E-state index contributed by atoms with van der Waals surface area (Å²) in [7, 11) is 1.19. The Bertz CT molecular complexity index is 1420. The van der Waals surface area contributed by atoms with Crippen LogP contribution in [-0.2, 0) is 22.6 Å². The summed E-state index contributed by atoms with van der Waals surface area (Å²) < 4.78 is 110. The molecule has 3 aromatic rings. The summed E-state index contributed by atoms with van der Waals surface area (Å²) in [5.41, 5.74) is -6.08. The number of anilines is 2. The van der Waals surface area contributed by atoms with Gasteiger partial charge >= 0.3 is 12.4 Å². The van der Waals surface area contributed by atoms with Gasteiger partial charge in [-0.3, -0.25) is 4.79 Å². The van der Waals surface area contributed by atoms with Crippen LogP contribution in [0.4, 0.5) is 46.6 Å². The summed E-state index contributed by atoms with van der Waals surface area (Å²) in [6.45, 7) is 4.37. The van der Waals surface area contributed by atoms with E-state index in [-0.39, 0.29) is 34.3 Å². The highest BCUT2D eigenvalue weighted by Gasteiger charge is 2.41. The number of halogens is 8. The van der Waals surface area contributed by atoms with Crippen LogP contribution in [0, 0.1) is 17.0 Å². The number of amides is 1. The van der Waals surface area contributed by atoms with Crippen LogP contribution in [0.5, 0.6) is 0 Å². The quantitative estimate of drug-likeness (QED) is 0.229. The molecule has 0 unspecified atom stereocenters. The average molecular weight is 573 g/mol. The summed E-state index contributed by atoms with van der Waals surface area (Å²) in [5, 5.41) is 10.8. The van der Waals surface area contributed by atoms with Crippen molar-refractivity contribution in [3.63, 3.8) is 0 Å². The molecule has 0 spiro atoms. The molecule has 0 saturated heterocycles. The van der Waals surface area contributed by atoms with E-state index in [4.69, 9.17) is 5.41 Å². The van der Waals surface area contributed by atoms with Crippen molar-refractivity contribution in [1.82, 2.24) is 4.98 Å². The molecule has 0 fully saturated rings. The Morgan fingerprint density at radius 1 is 0.975 bits per heavy atom. The van der Waals surface area contributed by atoms with Gasteiger partial charge in [-0.25, -0.2) is 13.8 Å². The Hall–Kier alpha value is -4.03. The van der Waals surface area contributed by atoms with Gasteiger partial charge in [0.15, 0.2) is 0 Å². The number of hydrogen-bond donors (Lipinski definition) is 2. The molecule has 3 rings (SSSR count). The van der Waals surface area contributed by atoms with E-state index in [9.17, 15) is 39.9 Å². The molecular weight excluding hydrogens is 548 g/mol. The van der Waals surface area contributed by atoms with Gasteiger partial charge in [0.05, 0.1) is 28.4 Å². The molecule has 0 aliphatic heterocycles. The number of hydrogen-bond acceptors (Lipinski definition) is 4. The number of aromatic nitrogens is 1. The van der Waals surface area contributed by atoms with Crippen molar-refractivity contribution in [2.24, 2.45) is 0 Å². The smallest absolute Gasteiger partial charge is 0.370 e. The van der Waals surface area contributed by atoms with Gasteiger partial charge in [0.1, 0.15) is 17.5 Å². The van der Waals surface area contributed by atoms with E-state index in [0.717, 1.165) is 43.3 Å². The third kappa shape index (κ3) is 5.92. The standard InChI is InChI=1S/C27H24F8N4O/c1-5-37-23-19(12-36)22(18-7-6-17(28)11-20(18)29)21(13-38-23)39(4)24(40)25(2,3)14-8-15(26(30,31)32)10-16(9-14)27(33,34)35/h6-13,36H,5H2,1-4H3,(H,37,38). The molecule has 2 N–H and O–H groups in total. The van der Waals surface area contributed by atoms with Crippen LogP contribution < -0.4 is 10.2 Å². The van der Waals surface area contributed by atoms with Crippen LogP contribution in [0.25, 0.3) is 11.1 Å². The van der Waals surface area contributed by atoms with Gasteiger partial charge in [-0.05, 0) is 56.7 Å². The Morgan fingerprint density at radius 3 is 2.00 bits per heavy atom. The summed E-state index contributed by atoms with van der Waals surface area (Å²) in [4.78, 5) is 18.8. The molecule has 1 amide bonds. The maximum Gasteiger partial charge on any atom is 0.416 e. The molecule has 0 aliphatic carbocycles. The molecule has 2 aromatic carbocycles. The van der Waals surface area contributed by atoms with Crippen molar-refractivity contribution in [3.8, 4) is 11.1 Å². The second-order valence-corrected chi connectivity index (χ2v) is 9.36. The van der Waals surface area contributed by atoms with Gasteiger partial charge < -0.3 is 15.6 Å². The number of alkyl halides is 6. The molecule has 1 aromatic heterocycles. The van der Waals surface area contributed by atoms with E-state index in [1.54, 1.807) is 6.92 Å². The topological polar surface area (TPSA) is 69.1 Å². The average Bonchev–Trinajstić information content (AvgIpc) is 2.86. The number of nitrogens with zero attached hydrogens (tertiary/aromatic N) is 2. The molecule has 0 bridgehead atoms. The van der Waals surface area contributed by atoms with Crippen molar-refractivity contribution < 1.29 is 39.9 Å². The Morgan fingerprint density at radius 2 is 1.52 bits per heavy atom. The van der Waals surface area contributed by atoms with Crippen LogP contribution in [0.1, 0.15) is 43.0 Å². The summed E-state index contributed by atoms with van der Waals surface area (Å²) in [6.07, 6.45) is -8.28. The summed E-state index contributed by atoms with van der Waals surface area (Å²) >= 11 is 0. The minimum absolute atomic E-state index is 0.0146. The van der Waals surface area contributed by atoms with Crippen molar-refractivity contribution in [3.05, 3.63) is 76.5 Å². The number of nitrogens with one attached hydrogen (secondary N) is 2. The maximum absolute atomic E-state index is 15.0. The van der Waals surface area contributed by atoms with Crippen molar-refractivity contribution >= 4 is 23.6 Å². The zero-order chi connectivity index (χ0) is 30.2. The Labute approximate surface area is 224 Å². The van der Waals surface area contributed by atoms with Crippen LogP contribution in [0.3, 0.4) is 0 Å². The van der Waals surface area contributed by atoms with Crippen molar-refractivity contribution in [2.45, 2.75) is 38.5 Å². The van der Waals surface area contributed by atoms with Crippen molar-refractivity contribution in [1.29, 1.82) is 5.41 Å². The zero-order valence-electron chi connectivity index (χ0n) is 21.7. The zero-order valence-corrected chi connectivity index (χ0v) is 21.7. The van der Waals surface area contributed by atoms with Crippen LogP contribution in [-0.4, -0.2) is 30.7 Å². The molecule has 0 atom stereocenters. The predicted octanol–water partition coefficient (Wildman–Crippen LogP) is 7.43. The molecular formula is C27H24F8N4O. The SMILES string of the molecule is CCNc1ncc(N(C)C(=O)C(C)(C)c2cc(C(F)(F)F)cc(C(F)(F)F)c2)c(-c2ccc(F)cc2F)c1C=N. The first kappa shape index (κ1) is 30.5. The van der Waals surface area contributed by atoms with Crippen molar-refractivity contribution in [2.75, 3.05) is 23.8 Å². The number of rotatable bonds is 7. The molecule has 214 valence electrons. The van der Waals surface area contributed by atoms with Gasteiger partial charge in [0, 0.05) is 42.6 Å². The largest absolute Gasteiger partial charge is 0.416 e. The number of carbonyl (C=O) groups is 1. The first-order valence-electron chi connectivity index (χ1n) is 11.7. The molecule has 5 nitrogen and oxygen atoms in total. The van der Waals surface area contributed by atoms with Gasteiger partial charge in [-0.2, -0.15) is 26.3 Å². The second-order valence-electron chi connectivity index (χ2n) is 9.36. The summed E-state index contributed by atoms with van der Waals surface area (Å²) in [6, 6.07) is 3.53. The fourth-order valence-corrected chi connectivity index (χ4v) is 4.16. The summed E-state index contributed by atoms with van der Waals surface area (Å²) in [5.74, 6) is -2.76. The molecule has 13 heteroatoms. The monoisotopic (exact) mass is 572 g/mol. The lowest BCUT2D eigenvalue weighted by Crippen LogP contribution is -2.42. The van der Waals surface area contributed by atoms with Crippen LogP contribution >= 0.6 is 0 Å². The fourth-order valence-electron chi connectivity index (χ4n) is 4.16. The van der Waals surface area contributed by atoms with Gasteiger partial charge in [-0.1, -0.05) is 0 Å². The Kier molecular flexibility index (Phi) is 8.28. The number of carbonyl (C=O) groups excluding carboxylic acids is 1. The van der Waals surface area contributed by atoms with Gasteiger partial charge in [0.2, 0.25) is 5.91 Å². The van der Waals surface area contributed by atoms with E-state index < -0.39 is 52.0 Å². The normalized spacial score (nSPS) is 12.3. The molecule has 1 heterocycles. The van der Waals surface area contributed by atoms with E-state index in [1.807, 2.05) is 0 Å². The molecule has 0 radical (unpaired) electrons. The first-order valence-corrected chi connectivity index (χ1v) is 11.7. The van der Waals surface area contributed by atoms with Gasteiger partial charge in [-0.15, -0.1) is 0 Å². The second kappa shape index (κ2) is 10.9. The molecule has 0 aliphatic rings. The van der Waals surface area contributed by atoms with Crippen LogP contribution in [0.15, 0.2) is 42.6 Å². The Balaban J connectivity index is 2.24. The van der Waals surface area contributed by atoms with E-state index in [0.29, 0.717) is 24.7 Å². The lowest BCUT2D eigenvalue weighted by atomic mass is 9.81. The lowest BCUT2D eigenvalue weighted by Gasteiger charge is -2.32. The third-order valence-electron chi connectivity index (χ3n) is 6.30. The number of likely N-dealkylation sites (N-methyl/N-ethyl adjacent to an activating group) is 1. The van der Waals surface area contributed by atoms with E-state index in [1.165, 1.54) is 7.05 Å². The first-order chi connectivity index (χ1) is 18.4.